The molecule has 124 valence electrons. The molecule has 1 N–H and O–H groups in total. The van der Waals surface area contributed by atoms with Gasteiger partial charge in [0.25, 0.3) is 0 Å². The summed E-state index contributed by atoms with van der Waals surface area (Å²) in [5.74, 6) is 1.15. The lowest BCUT2D eigenvalue weighted by molar-refractivity contribution is 0.101. The van der Waals surface area contributed by atoms with E-state index >= 15 is 0 Å². The van der Waals surface area contributed by atoms with Gasteiger partial charge in [-0.1, -0.05) is 6.92 Å². The van der Waals surface area contributed by atoms with Crippen LogP contribution in [0, 0.1) is 0 Å². The summed E-state index contributed by atoms with van der Waals surface area (Å²) in [5.41, 5.74) is 1.41. The molecule has 0 aliphatic carbocycles. The Morgan fingerprint density at radius 1 is 1.13 bits per heavy atom. The molecule has 1 aromatic heterocycles. The van der Waals surface area contributed by atoms with Gasteiger partial charge in [-0.15, -0.1) is 0 Å². The molecule has 2 aromatic rings. The number of anilines is 1. The summed E-state index contributed by atoms with van der Waals surface area (Å²) in [6.45, 7) is 2.54. The monoisotopic (exact) mass is 335 g/mol. The lowest BCUT2D eigenvalue weighted by Crippen LogP contribution is -2.09. The molecule has 0 aliphatic heterocycles. The Hall–Kier alpha value is -2.08. The fraction of sp³-hybridized carbons (Fsp3) is 0.353. The van der Waals surface area contributed by atoms with Crippen molar-refractivity contribution in [2.24, 2.45) is 0 Å². The molecule has 2 rings (SSSR count). The molecule has 0 amide bonds. The van der Waals surface area contributed by atoms with Crippen LogP contribution in [0.3, 0.4) is 0 Å². The molecule has 5 nitrogen and oxygen atoms in total. The van der Waals surface area contributed by atoms with Gasteiger partial charge in [0, 0.05) is 30.5 Å². The van der Waals surface area contributed by atoms with Gasteiger partial charge in [0.05, 0.1) is 5.75 Å². The maximum absolute atomic E-state index is 12.3. The molecule has 0 saturated carbocycles. The number of hydrogen-bond donors (Lipinski definition) is 1. The van der Waals surface area contributed by atoms with Crippen molar-refractivity contribution in [1.29, 1.82) is 0 Å². The average Bonchev–Trinajstić information content (AvgIpc) is 2.99. The topological polar surface area (TPSA) is 76.4 Å². The minimum atomic E-state index is -2.92. The third kappa shape index (κ3) is 5.25. The van der Waals surface area contributed by atoms with E-state index in [9.17, 15) is 13.2 Å². The summed E-state index contributed by atoms with van der Waals surface area (Å²) < 4.78 is 27.6. The summed E-state index contributed by atoms with van der Waals surface area (Å²) in [4.78, 5) is 12.3. The van der Waals surface area contributed by atoms with E-state index < -0.39 is 9.84 Å². The van der Waals surface area contributed by atoms with Crippen molar-refractivity contribution in [3.05, 3.63) is 53.5 Å². The summed E-state index contributed by atoms with van der Waals surface area (Å²) in [7, 11) is -2.92. The molecule has 0 aliphatic rings. The van der Waals surface area contributed by atoms with Crippen molar-refractivity contribution in [1.82, 2.24) is 0 Å². The molecule has 1 aromatic carbocycles. The fourth-order valence-corrected chi connectivity index (χ4v) is 2.81. The number of ketones is 1. The zero-order chi connectivity index (χ0) is 16.9. The van der Waals surface area contributed by atoms with E-state index in [1.165, 1.54) is 6.26 Å². The molecular formula is C17H21NO4S. The second-order valence-electron chi connectivity index (χ2n) is 5.44. The number of hydrogen-bond acceptors (Lipinski definition) is 5. The number of carbonyl (C=O) groups excluding carboxylic acids is 1. The quantitative estimate of drug-likeness (QED) is 0.593. The number of furan rings is 1. The Kier molecular flexibility index (Phi) is 5.60. The van der Waals surface area contributed by atoms with Gasteiger partial charge in [-0.2, -0.15) is 0 Å². The number of carbonyl (C=O) groups is 1. The minimum absolute atomic E-state index is 0.145. The van der Waals surface area contributed by atoms with Gasteiger partial charge < -0.3 is 9.73 Å². The lowest BCUT2D eigenvalue weighted by Gasteiger charge is -2.06. The van der Waals surface area contributed by atoms with Crippen LogP contribution in [-0.2, 0) is 16.3 Å². The van der Waals surface area contributed by atoms with Crippen LogP contribution in [-0.4, -0.2) is 32.8 Å². The van der Waals surface area contributed by atoms with Gasteiger partial charge in [0.1, 0.15) is 15.6 Å². The van der Waals surface area contributed by atoms with Gasteiger partial charge >= 0.3 is 0 Å². The van der Waals surface area contributed by atoms with E-state index in [0.29, 0.717) is 24.3 Å². The molecule has 1 heterocycles. The van der Waals surface area contributed by atoms with Crippen LogP contribution < -0.4 is 5.32 Å². The van der Waals surface area contributed by atoms with Crippen molar-refractivity contribution < 1.29 is 17.6 Å². The third-order valence-corrected chi connectivity index (χ3v) is 4.43. The van der Waals surface area contributed by atoms with Crippen molar-refractivity contribution >= 4 is 21.3 Å². The van der Waals surface area contributed by atoms with Crippen LogP contribution >= 0.6 is 0 Å². The molecule has 0 atom stereocenters. The minimum Gasteiger partial charge on any atom is -0.458 e. The molecule has 23 heavy (non-hydrogen) atoms. The van der Waals surface area contributed by atoms with E-state index in [0.717, 1.165) is 17.9 Å². The van der Waals surface area contributed by atoms with Gasteiger partial charge in [-0.25, -0.2) is 8.42 Å². The number of sulfone groups is 1. The fourth-order valence-electron chi connectivity index (χ4n) is 2.14. The molecule has 0 unspecified atom stereocenters. The van der Waals surface area contributed by atoms with Crippen LogP contribution in [0.5, 0.6) is 0 Å². The van der Waals surface area contributed by atoms with Crippen molar-refractivity contribution in [2.75, 3.05) is 23.9 Å². The highest BCUT2D eigenvalue weighted by Gasteiger charge is 2.13. The highest BCUT2D eigenvalue weighted by molar-refractivity contribution is 7.90. The zero-order valence-electron chi connectivity index (χ0n) is 13.3. The van der Waals surface area contributed by atoms with Crippen LogP contribution in [0.15, 0.2) is 40.8 Å². The van der Waals surface area contributed by atoms with Crippen LogP contribution in [0.25, 0.3) is 0 Å². The largest absolute Gasteiger partial charge is 0.458 e. The molecule has 0 bridgehead atoms. The molecule has 6 heteroatoms. The van der Waals surface area contributed by atoms with Crippen LogP contribution in [0.1, 0.15) is 35.2 Å². The molecule has 0 spiro atoms. The highest BCUT2D eigenvalue weighted by Crippen LogP contribution is 2.16. The third-order valence-electron chi connectivity index (χ3n) is 3.40. The zero-order valence-corrected chi connectivity index (χ0v) is 14.2. The molecule has 0 saturated heterocycles. The first kappa shape index (κ1) is 17.3. The Morgan fingerprint density at radius 2 is 1.83 bits per heavy atom. The number of rotatable bonds is 8. The Labute approximate surface area is 136 Å². The number of benzene rings is 1. The second-order valence-corrected chi connectivity index (χ2v) is 7.70. The predicted octanol–water partition coefficient (Wildman–Crippen LogP) is 2.92. The van der Waals surface area contributed by atoms with Crippen molar-refractivity contribution in [2.45, 2.75) is 19.8 Å². The summed E-state index contributed by atoms with van der Waals surface area (Å²) in [5, 5.41) is 3.14. The van der Waals surface area contributed by atoms with Crippen molar-refractivity contribution in [3.63, 3.8) is 0 Å². The Balaban J connectivity index is 1.92. The SMILES string of the molecule is CCc1ccc(C(=O)c2ccc(NCCCS(C)(=O)=O)cc2)o1. The first-order valence-corrected chi connectivity index (χ1v) is 9.60. The molecule has 0 fully saturated rings. The number of aryl methyl sites for hydroxylation is 1. The summed E-state index contributed by atoms with van der Waals surface area (Å²) in [6.07, 6.45) is 2.53. The van der Waals surface area contributed by atoms with Crippen LogP contribution in [0.4, 0.5) is 5.69 Å². The maximum atomic E-state index is 12.3. The van der Waals surface area contributed by atoms with E-state index in [4.69, 9.17) is 4.42 Å². The first-order chi connectivity index (χ1) is 10.9. The first-order valence-electron chi connectivity index (χ1n) is 7.54. The van der Waals surface area contributed by atoms with Gasteiger partial charge in [-0.3, -0.25) is 4.79 Å². The molecular weight excluding hydrogens is 314 g/mol. The summed E-state index contributed by atoms with van der Waals surface area (Å²) >= 11 is 0. The van der Waals surface area contributed by atoms with E-state index in [1.54, 1.807) is 30.3 Å². The van der Waals surface area contributed by atoms with Crippen molar-refractivity contribution in [3.8, 4) is 0 Å². The van der Waals surface area contributed by atoms with Gasteiger partial charge in [0.15, 0.2) is 5.76 Å². The standard InChI is InChI=1S/C17H21NO4S/c1-3-15-9-10-16(22-15)17(19)13-5-7-14(8-6-13)18-11-4-12-23(2,20)21/h5-10,18H,3-4,11-12H2,1-2H3. The Bertz CT molecular complexity index is 760. The lowest BCUT2D eigenvalue weighted by atomic mass is 10.1. The second kappa shape index (κ2) is 7.46. The van der Waals surface area contributed by atoms with Crippen LogP contribution in [0.2, 0.25) is 0 Å². The molecule has 0 radical (unpaired) electrons. The number of nitrogens with one attached hydrogen (secondary N) is 1. The van der Waals surface area contributed by atoms with E-state index in [1.807, 2.05) is 13.0 Å². The van der Waals surface area contributed by atoms with Gasteiger partial charge in [0.2, 0.25) is 5.78 Å². The normalized spacial score (nSPS) is 11.4. The van der Waals surface area contributed by atoms with Gasteiger partial charge in [-0.05, 0) is 42.8 Å². The van der Waals surface area contributed by atoms with E-state index in [2.05, 4.69) is 5.32 Å². The predicted molar refractivity (Wildman–Crippen MR) is 90.8 cm³/mol. The van der Waals surface area contributed by atoms with E-state index in [-0.39, 0.29) is 11.5 Å². The Morgan fingerprint density at radius 3 is 2.39 bits per heavy atom. The summed E-state index contributed by atoms with van der Waals surface area (Å²) in [6, 6.07) is 10.6. The highest BCUT2D eigenvalue weighted by atomic mass is 32.2. The maximum Gasteiger partial charge on any atom is 0.228 e. The smallest absolute Gasteiger partial charge is 0.228 e. The average molecular weight is 335 g/mol.